The van der Waals surface area contributed by atoms with E-state index in [1.807, 2.05) is 0 Å². The predicted molar refractivity (Wildman–Crippen MR) is 67.0 cm³/mol. The Morgan fingerprint density at radius 1 is 1.57 bits per heavy atom. The molecule has 1 fully saturated rings. The van der Waals surface area contributed by atoms with Gasteiger partial charge in [0.15, 0.2) is 0 Å². The highest BCUT2D eigenvalue weighted by atomic mass is 32.2. The molecule has 1 saturated heterocycles. The van der Waals surface area contributed by atoms with Crippen LogP contribution in [0.2, 0.25) is 0 Å². The van der Waals surface area contributed by atoms with Crippen LogP contribution in [0.1, 0.15) is 39.5 Å². The summed E-state index contributed by atoms with van der Waals surface area (Å²) in [6.45, 7) is 9.43. The highest BCUT2D eigenvalue weighted by Crippen LogP contribution is 2.29. The number of hydrogen-bond donors (Lipinski definition) is 1. The first-order valence-corrected chi connectivity index (χ1v) is 6.78. The van der Waals surface area contributed by atoms with Crippen LogP contribution in [0.5, 0.6) is 0 Å². The quantitative estimate of drug-likeness (QED) is 0.704. The molecule has 0 aromatic carbocycles. The number of thioether (sulfide) groups is 1. The molecule has 0 aromatic rings. The lowest BCUT2D eigenvalue weighted by molar-refractivity contribution is 0.471. The summed E-state index contributed by atoms with van der Waals surface area (Å²) in [6.07, 6.45) is 5.35. The van der Waals surface area contributed by atoms with Gasteiger partial charge in [-0.1, -0.05) is 18.9 Å². The zero-order valence-corrected chi connectivity index (χ0v) is 10.3. The third-order valence-corrected chi connectivity index (χ3v) is 4.22. The van der Waals surface area contributed by atoms with Crippen LogP contribution in [0.15, 0.2) is 12.2 Å². The molecule has 14 heavy (non-hydrogen) atoms. The van der Waals surface area contributed by atoms with E-state index in [1.165, 1.54) is 30.6 Å². The Bertz CT molecular complexity index is 173. The van der Waals surface area contributed by atoms with Gasteiger partial charge in [0.1, 0.15) is 0 Å². The second kappa shape index (κ2) is 6.52. The number of rotatable bonds is 5. The van der Waals surface area contributed by atoms with E-state index in [0.29, 0.717) is 6.04 Å². The average Bonchev–Trinajstić information content (AvgIpc) is 2.18. The molecule has 1 aliphatic heterocycles. The van der Waals surface area contributed by atoms with Crippen LogP contribution in [-0.2, 0) is 0 Å². The molecule has 0 saturated carbocycles. The minimum Gasteiger partial charge on any atom is -0.313 e. The summed E-state index contributed by atoms with van der Waals surface area (Å²) in [7, 11) is 0. The minimum absolute atomic E-state index is 0.655. The van der Waals surface area contributed by atoms with Gasteiger partial charge < -0.3 is 5.32 Å². The Morgan fingerprint density at radius 2 is 2.36 bits per heavy atom. The number of nitrogens with one attached hydrogen (secondary N) is 1. The van der Waals surface area contributed by atoms with Crippen molar-refractivity contribution in [2.24, 2.45) is 0 Å². The highest BCUT2D eigenvalue weighted by molar-refractivity contribution is 8.00. The molecule has 2 unspecified atom stereocenters. The van der Waals surface area contributed by atoms with Crippen LogP contribution >= 0.6 is 11.8 Å². The van der Waals surface area contributed by atoms with Gasteiger partial charge in [-0.2, -0.15) is 11.8 Å². The summed E-state index contributed by atoms with van der Waals surface area (Å²) in [5.74, 6) is 1.35. The topological polar surface area (TPSA) is 12.0 Å². The van der Waals surface area contributed by atoms with Crippen molar-refractivity contribution in [3.8, 4) is 0 Å². The summed E-state index contributed by atoms with van der Waals surface area (Å²) in [4.78, 5) is 0. The maximum Gasteiger partial charge on any atom is 0.0223 e. The maximum atomic E-state index is 4.02. The normalized spacial score (nSPS) is 24.6. The fourth-order valence-electron chi connectivity index (χ4n) is 2.06. The van der Waals surface area contributed by atoms with Gasteiger partial charge in [-0.15, -0.1) is 6.58 Å². The fraction of sp³-hybridized carbons (Fsp3) is 0.833. The Kier molecular flexibility index (Phi) is 5.64. The van der Waals surface area contributed by atoms with Gasteiger partial charge in [-0.05, 0) is 38.5 Å². The molecule has 0 aromatic heterocycles. The first-order chi connectivity index (χ1) is 6.74. The van der Waals surface area contributed by atoms with E-state index in [-0.39, 0.29) is 0 Å². The van der Waals surface area contributed by atoms with Crippen LogP contribution in [-0.4, -0.2) is 23.6 Å². The van der Waals surface area contributed by atoms with Gasteiger partial charge in [0.25, 0.3) is 0 Å². The lowest BCUT2D eigenvalue weighted by Crippen LogP contribution is -2.39. The van der Waals surface area contributed by atoms with Crippen LogP contribution < -0.4 is 5.32 Å². The smallest absolute Gasteiger partial charge is 0.0223 e. The third kappa shape index (κ3) is 4.05. The van der Waals surface area contributed by atoms with Gasteiger partial charge in [0.05, 0.1) is 0 Å². The minimum atomic E-state index is 0.655. The van der Waals surface area contributed by atoms with Crippen molar-refractivity contribution >= 4 is 11.8 Å². The zero-order valence-electron chi connectivity index (χ0n) is 9.51. The van der Waals surface area contributed by atoms with E-state index < -0.39 is 0 Å². The maximum absolute atomic E-state index is 4.02. The van der Waals surface area contributed by atoms with E-state index in [2.05, 4.69) is 37.5 Å². The molecule has 0 radical (unpaired) electrons. The van der Waals surface area contributed by atoms with Gasteiger partial charge in [-0.25, -0.2) is 0 Å². The van der Waals surface area contributed by atoms with E-state index in [0.717, 1.165) is 18.2 Å². The van der Waals surface area contributed by atoms with Crippen LogP contribution in [0, 0.1) is 0 Å². The molecule has 0 amide bonds. The van der Waals surface area contributed by atoms with Gasteiger partial charge in [0.2, 0.25) is 0 Å². The first kappa shape index (κ1) is 12.1. The summed E-state index contributed by atoms with van der Waals surface area (Å²) in [5, 5.41) is 4.42. The van der Waals surface area contributed by atoms with E-state index in [9.17, 15) is 0 Å². The van der Waals surface area contributed by atoms with Crippen LogP contribution in [0.4, 0.5) is 0 Å². The molecule has 0 aliphatic carbocycles. The van der Waals surface area contributed by atoms with Crippen molar-refractivity contribution < 1.29 is 0 Å². The van der Waals surface area contributed by atoms with Crippen molar-refractivity contribution in [3.63, 3.8) is 0 Å². The lowest BCUT2D eigenvalue weighted by atomic mass is 10.0. The summed E-state index contributed by atoms with van der Waals surface area (Å²) >= 11 is 2.15. The largest absolute Gasteiger partial charge is 0.313 e. The SMILES string of the molecule is C=C(C)CC(NCC)C1CCCCS1. The van der Waals surface area contributed by atoms with E-state index in [1.54, 1.807) is 0 Å². The second-order valence-electron chi connectivity index (χ2n) is 4.23. The van der Waals surface area contributed by atoms with Gasteiger partial charge >= 0.3 is 0 Å². The fourth-order valence-corrected chi connectivity index (χ4v) is 3.49. The molecule has 0 spiro atoms. The molecule has 2 atom stereocenters. The molecule has 1 nitrogen and oxygen atoms in total. The highest BCUT2D eigenvalue weighted by Gasteiger charge is 2.23. The van der Waals surface area contributed by atoms with Crippen LogP contribution in [0.25, 0.3) is 0 Å². The Hall–Kier alpha value is 0.0500. The van der Waals surface area contributed by atoms with Gasteiger partial charge in [-0.3, -0.25) is 0 Å². The van der Waals surface area contributed by atoms with Crippen molar-refractivity contribution in [2.75, 3.05) is 12.3 Å². The van der Waals surface area contributed by atoms with Crippen molar-refractivity contribution in [1.82, 2.24) is 5.32 Å². The molecule has 1 rings (SSSR count). The summed E-state index contributed by atoms with van der Waals surface area (Å²) in [6, 6.07) is 0.655. The van der Waals surface area contributed by atoms with Crippen molar-refractivity contribution in [2.45, 2.75) is 50.8 Å². The van der Waals surface area contributed by atoms with Crippen molar-refractivity contribution in [3.05, 3.63) is 12.2 Å². The molecule has 1 heterocycles. The Labute approximate surface area is 92.7 Å². The van der Waals surface area contributed by atoms with E-state index in [4.69, 9.17) is 0 Å². The monoisotopic (exact) mass is 213 g/mol. The predicted octanol–water partition coefficient (Wildman–Crippen LogP) is 3.22. The number of hydrogen-bond acceptors (Lipinski definition) is 2. The summed E-state index contributed by atoms with van der Waals surface area (Å²) in [5.41, 5.74) is 1.31. The Morgan fingerprint density at radius 3 is 2.86 bits per heavy atom. The standard InChI is InChI=1S/C12H23NS/c1-4-13-11(9-10(2)3)12-7-5-6-8-14-12/h11-13H,2,4-9H2,1,3H3. The molecule has 2 heteroatoms. The molecular weight excluding hydrogens is 190 g/mol. The summed E-state index contributed by atoms with van der Waals surface area (Å²) < 4.78 is 0. The van der Waals surface area contributed by atoms with Gasteiger partial charge in [0, 0.05) is 11.3 Å². The zero-order chi connectivity index (χ0) is 10.4. The molecule has 1 N–H and O–H groups in total. The van der Waals surface area contributed by atoms with Crippen molar-refractivity contribution in [1.29, 1.82) is 0 Å². The molecule has 82 valence electrons. The first-order valence-electron chi connectivity index (χ1n) is 5.73. The molecular formula is C12H23NS. The molecule has 1 aliphatic rings. The molecule has 0 bridgehead atoms. The van der Waals surface area contributed by atoms with Crippen LogP contribution in [0.3, 0.4) is 0 Å². The Balaban J connectivity index is 2.42. The van der Waals surface area contributed by atoms with E-state index >= 15 is 0 Å². The lowest BCUT2D eigenvalue weighted by Gasteiger charge is -2.30. The third-order valence-electron chi connectivity index (χ3n) is 2.70. The average molecular weight is 213 g/mol. The second-order valence-corrected chi connectivity index (χ2v) is 5.58.